The van der Waals surface area contributed by atoms with Gasteiger partial charge in [0.1, 0.15) is 5.82 Å². The fourth-order valence-corrected chi connectivity index (χ4v) is 2.14. The van der Waals surface area contributed by atoms with Gasteiger partial charge in [-0.05, 0) is 42.8 Å². The predicted molar refractivity (Wildman–Crippen MR) is 77.0 cm³/mol. The maximum Gasteiger partial charge on any atom is 0.123 e. The highest BCUT2D eigenvalue weighted by molar-refractivity contribution is 9.10. The summed E-state index contributed by atoms with van der Waals surface area (Å²) in [5.41, 5.74) is 8.30. The molecule has 3 N–H and O–H groups in total. The highest BCUT2D eigenvalue weighted by Gasteiger charge is 2.08. The highest BCUT2D eigenvalue weighted by atomic mass is 79.9. The number of nitrogens with one attached hydrogen (secondary N) is 1. The SMILES string of the molecule is CC(Nc1ccc(Br)cc1N)c1cccc(F)c1. The molecule has 2 aromatic carbocycles. The van der Waals surface area contributed by atoms with Gasteiger partial charge in [0.2, 0.25) is 0 Å². The molecule has 18 heavy (non-hydrogen) atoms. The summed E-state index contributed by atoms with van der Waals surface area (Å²) in [5.74, 6) is -0.232. The number of nitrogen functional groups attached to an aromatic ring is 1. The van der Waals surface area contributed by atoms with Crippen LogP contribution in [0.15, 0.2) is 46.9 Å². The van der Waals surface area contributed by atoms with Gasteiger partial charge >= 0.3 is 0 Å². The number of benzene rings is 2. The molecule has 0 heterocycles. The summed E-state index contributed by atoms with van der Waals surface area (Å²) in [6.07, 6.45) is 0. The molecule has 2 rings (SSSR count). The van der Waals surface area contributed by atoms with E-state index >= 15 is 0 Å². The third-order valence-electron chi connectivity index (χ3n) is 2.73. The van der Waals surface area contributed by atoms with E-state index in [1.165, 1.54) is 12.1 Å². The van der Waals surface area contributed by atoms with E-state index in [4.69, 9.17) is 5.73 Å². The van der Waals surface area contributed by atoms with Gasteiger partial charge in [0, 0.05) is 10.5 Å². The van der Waals surface area contributed by atoms with Gasteiger partial charge in [-0.2, -0.15) is 0 Å². The van der Waals surface area contributed by atoms with Crippen LogP contribution < -0.4 is 11.1 Å². The van der Waals surface area contributed by atoms with Gasteiger partial charge in [0.25, 0.3) is 0 Å². The molecule has 0 spiro atoms. The first-order valence-corrected chi connectivity index (χ1v) is 6.42. The number of rotatable bonds is 3. The molecule has 4 heteroatoms. The summed E-state index contributed by atoms with van der Waals surface area (Å²) < 4.78 is 14.1. The van der Waals surface area contributed by atoms with E-state index in [1.54, 1.807) is 6.07 Å². The topological polar surface area (TPSA) is 38.0 Å². The van der Waals surface area contributed by atoms with E-state index < -0.39 is 0 Å². The maximum absolute atomic E-state index is 13.1. The van der Waals surface area contributed by atoms with E-state index in [0.29, 0.717) is 5.69 Å². The van der Waals surface area contributed by atoms with Crippen molar-refractivity contribution in [1.29, 1.82) is 0 Å². The second kappa shape index (κ2) is 5.40. The zero-order chi connectivity index (χ0) is 13.1. The minimum absolute atomic E-state index is 0.0100. The van der Waals surface area contributed by atoms with Gasteiger partial charge in [-0.3, -0.25) is 0 Å². The van der Waals surface area contributed by atoms with Gasteiger partial charge in [-0.15, -0.1) is 0 Å². The highest BCUT2D eigenvalue weighted by Crippen LogP contribution is 2.27. The zero-order valence-corrected chi connectivity index (χ0v) is 11.5. The standard InChI is InChI=1S/C14H14BrFN2/c1-9(10-3-2-4-12(16)7-10)18-14-6-5-11(15)8-13(14)17/h2-9,18H,17H2,1H3. The Hall–Kier alpha value is -1.55. The summed E-state index contributed by atoms with van der Waals surface area (Å²) >= 11 is 3.36. The van der Waals surface area contributed by atoms with Crippen LogP contribution in [-0.4, -0.2) is 0 Å². The molecule has 0 aromatic heterocycles. The zero-order valence-electron chi connectivity index (χ0n) is 9.95. The van der Waals surface area contributed by atoms with Crippen LogP contribution >= 0.6 is 15.9 Å². The van der Waals surface area contributed by atoms with Crippen molar-refractivity contribution in [3.05, 3.63) is 58.3 Å². The number of nitrogens with two attached hydrogens (primary N) is 1. The molecule has 0 amide bonds. The van der Waals surface area contributed by atoms with Crippen molar-refractivity contribution in [2.24, 2.45) is 0 Å². The van der Waals surface area contributed by atoms with Crippen LogP contribution in [0.2, 0.25) is 0 Å². The molecule has 0 aliphatic heterocycles. The first-order chi connectivity index (χ1) is 8.56. The lowest BCUT2D eigenvalue weighted by molar-refractivity contribution is 0.623. The van der Waals surface area contributed by atoms with Crippen LogP contribution in [0.25, 0.3) is 0 Å². The predicted octanol–water partition coefficient (Wildman–Crippen LogP) is 4.34. The second-order valence-corrected chi connectivity index (χ2v) is 5.07. The molecular formula is C14H14BrFN2. The summed E-state index contributed by atoms with van der Waals surface area (Å²) in [4.78, 5) is 0. The lowest BCUT2D eigenvalue weighted by atomic mass is 10.1. The van der Waals surface area contributed by atoms with Gasteiger partial charge < -0.3 is 11.1 Å². The Morgan fingerprint density at radius 2 is 2.00 bits per heavy atom. The van der Waals surface area contributed by atoms with Crippen LogP contribution in [-0.2, 0) is 0 Å². The van der Waals surface area contributed by atoms with Gasteiger partial charge in [0.05, 0.1) is 11.4 Å². The van der Waals surface area contributed by atoms with E-state index in [9.17, 15) is 4.39 Å². The molecular weight excluding hydrogens is 295 g/mol. The molecule has 2 aromatic rings. The Labute approximate surface area is 114 Å². The van der Waals surface area contributed by atoms with Gasteiger partial charge in [0.15, 0.2) is 0 Å². The molecule has 2 nitrogen and oxygen atoms in total. The average Bonchev–Trinajstić information content (AvgIpc) is 2.32. The monoisotopic (exact) mass is 308 g/mol. The lowest BCUT2D eigenvalue weighted by Crippen LogP contribution is -2.08. The third kappa shape index (κ3) is 3.01. The molecule has 0 aliphatic rings. The van der Waals surface area contributed by atoms with Crippen molar-refractivity contribution in [3.63, 3.8) is 0 Å². The Kier molecular flexibility index (Phi) is 3.87. The molecule has 1 unspecified atom stereocenters. The van der Waals surface area contributed by atoms with Crippen molar-refractivity contribution in [1.82, 2.24) is 0 Å². The first-order valence-electron chi connectivity index (χ1n) is 5.63. The summed E-state index contributed by atoms with van der Waals surface area (Å²) in [7, 11) is 0. The van der Waals surface area contributed by atoms with Crippen LogP contribution in [0.5, 0.6) is 0 Å². The van der Waals surface area contributed by atoms with Crippen molar-refractivity contribution < 1.29 is 4.39 Å². The minimum atomic E-state index is -0.232. The van der Waals surface area contributed by atoms with Crippen molar-refractivity contribution >= 4 is 27.3 Å². The lowest BCUT2D eigenvalue weighted by Gasteiger charge is -2.17. The molecule has 1 atom stereocenters. The molecule has 0 fully saturated rings. The molecule has 0 saturated carbocycles. The Morgan fingerprint density at radius 3 is 2.67 bits per heavy atom. The van der Waals surface area contributed by atoms with Crippen molar-refractivity contribution in [2.45, 2.75) is 13.0 Å². The summed E-state index contributed by atoms with van der Waals surface area (Å²) in [6, 6.07) is 12.2. The summed E-state index contributed by atoms with van der Waals surface area (Å²) in [6.45, 7) is 1.97. The number of anilines is 2. The number of hydrogen-bond acceptors (Lipinski definition) is 2. The smallest absolute Gasteiger partial charge is 0.123 e. The minimum Gasteiger partial charge on any atom is -0.397 e. The largest absolute Gasteiger partial charge is 0.397 e. The number of hydrogen-bond donors (Lipinski definition) is 2. The molecule has 0 saturated heterocycles. The fraction of sp³-hybridized carbons (Fsp3) is 0.143. The van der Waals surface area contributed by atoms with Crippen LogP contribution in [0, 0.1) is 5.82 Å². The van der Waals surface area contributed by atoms with E-state index in [2.05, 4.69) is 21.2 Å². The molecule has 0 aliphatic carbocycles. The first kappa shape index (κ1) is 12.9. The number of halogens is 2. The molecule has 94 valence electrons. The quantitative estimate of drug-likeness (QED) is 0.828. The average molecular weight is 309 g/mol. The van der Waals surface area contributed by atoms with Crippen molar-refractivity contribution in [2.75, 3.05) is 11.1 Å². The second-order valence-electron chi connectivity index (χ2n) is 4.15. The van der Waals surface area contributed by atoms with Gasteiger partial charge in [-0.1, -0.05) is 28.1 Å². The Morgan fingerprint density at radius 1 is 1.22 bits per heavy atom. The van der Waals surface area contributed by atoms with Crippen molar-refractivity contribution in [3.8, 4) is 0 Å². The van der Waals surface area contributed by atoms with Crippen LogP contribution in [0.3, 0.4) is 0 Å². The normalized spacial score (nSPS) is 12.2. The molecule has 0 radical (unpaired) electrons. The Balaban J connectivity index is 2.18. The Bertz CT molecular complexity index is 557. The van der Waals surface area contributed by atoms with E-state index in [1.807, 2.05) is 31.2 Å². The van der Waals surface area contributed by atoms with Crippen LogP contribution in [0.4, 0.5) is 15.8 Å². The van der Waals surface area contributed by atoms with E-state index in [0.717, 1.165) is 15.7 Å². The maximum atomic E-state index is 13.1. The van der Waals surface area contributed by atoms with Crippen LogP contribution in [0.1, 0.15) is 18.5 Å². The molecule has 0 bridgehead atoms. The third-order valence-corrected chi connectivity index (χ3v) is 3.23. The summed E-state index contributed by atoms with van der Waals surface area (Å²) in [5, 5.41) is 3.27. The fourth-order valence-electron chi connectivity index (χ4n) is 1.76. The van der Waals surface area contributed by atoms with Gasteiger partial charge in [-0.25, -0.2) is 4.39 Å². The van der Waals surface area contributed by atoms with E-state index in [-0.39, 0.29) is 11.9 Å².